The number of hydrogen-bond donors (Lipinski definition) is 2. The second-order valence-electron chi connectivity index (χ2n) is 10.1. The van der Waals surface area contributed by atoms with E-state index >= 15 is 0 Å². The van der Waals surface area contributed by atoms with Crippen molar-refractivity contribution >= 4 is 50.9 Å². The summed E-state index contributed by atoms with van der Waals surface area (Å²) in [6.07, 6.45) is -4.63. The molecular formula is C31H32ClF3N6O6S2. The number of benzene rings is 3. The van der Waals surface area contributed by atoms with Crippen LogP contribution in [0.15, 0.2) is 70.7 Å². The van der Waals surface area contributed by atoms with Gasteiger partial charge in [-0.1, -0.05) is 43.3 Å². The summed E-state index contributed by atoms with van der Waals surface area (Å²) in [5.74, 6) is -0.607. The second kappa shape index (κ2) is 15.9. The lowest BCUT2D eigenvalue weighted by Gasteiger charge is -2.18. The molecule has 0 saturated heterocycles. The molecule has 0 aliphatic heterocycles. The van der Waals surface area contributed by atoms with Crippen molar-refractivity contribution in [3.05, 3.63) is 82.6 Å². The van der Waals surface area contributed by atoms with Crippen molar-refractivity contribution in [2.24, 2.45) is 0 Å². The van der Waals surface area contributed by atoms with E-state index < -0.39 is 33.6 Å². The molecule has 2 amide bonds. The van der Waals surface area contributed by atoms with E-state index in [1.54, 1.807) is 32.0 Å². The second-order valence-corrected chi connectivity index (χ2v) is 13.4. The highest BCUT2D eigenvalue weighted by Crippen LogP contribution is 2.37. The highest BCUT2D eigenvalue weighted by Gasteiger charge is 2.31. The van der Waals surface area contributed by atoms with E-state index in [9.17, 15) is 31.2 Å². The topological polar surface area (TPSA) is 145 Å². The molecule has 1 heterocycles. The fraction of sp³-hybridized carbons (Fsp3) is 0.290. The number of anilines is 1. The normalized spacial score (nSPS) is 11.8. The zero-order valence-corrected chi connectivity index (χ0v) is 29.1. The molecule has 0 unspecified atom stereocenters. The molecule has 3 aromatic carbocycles. The number of sulfonamides is 1. The fourth-order valence-corrected chi connectivity index (χ4v) is 7.03. The zero-order valence-electron chi connectivity index (χ0n) is 26.7. The monoisotopic (exact) mass is 740 g/mol. The molecule has 18 heteroatoms. The van der Waals surface area contributed by atoms with Gasteiger partial charge in [-0.3, -0.25) is 14.2 Å². The molecule has 0 radical (unpaired) electrons. The molecule has 4 aromatic rings. The largest absolute Gasteiger partial charge is 0.494 e. The number of halogens is 4. The van der Waals surface area contributed by atoms with Crippen LogP contribution in [-0.2, 0) is 27.5 Å². The summed E-state index contributed by atoms with van der Waals surface area (Å²) in [5, 5.41) is 13.6. The number of ether oxygens (including phenoxy) is 2. The minimum atomic E-state index is -4.63. The molecule has 0 saturated carbocycles. The number of aromatic nitrogens is 3. The van der Waals surface area contributed by atoms with Crippen molar-refractivity contribution in [1.29, 1.82) is 0 Å². The van der Waals surface area contributed by atoms with E-state index in [0.717, 1.165) is 30.0 Å². The predicted molar refractivity (Wildman–Crippen MR) is 178 cm³/mol. The molecular weight excluding hydrogens is 709 g/mol. The Morgan fingerprint density at radius 2 is 1.61 bits per heavy atom. The van der Waals surface area contributed by atoms with Crippen LogP contribution in [0.2, 0.25) is 5.02 Å². The lowest BCUT2D eigenvalue weighted by atomic mass is 10.2. The van der Waals surface area contributed by atoms with Gasteiger partial charge in [0.25, 0.3) is 5.91 Å². The van der Waals surface area contributed by atoms with Crippen LogP contribution in [0.1, 0.15) is 35.6 Å². The number of para-hydroxylation sites is 1. The summed E-state index contributed by atoms with van der Waals surface area (Å²) in [4.78, 5) is 26.0. The van der Waals surface area contributed by atoms with Crippen LogP contribution in [0.3, 0.4) is 0 Å². The highest BCUT2D eigenvalue weighted by atomic mass is 35.5. The Kier molecular flexibility index (Phi) is 12.2. The maximum atomic E-state index is 13.2. The van der Waals surface area contributed by atoms with Gasteiger partial charge in [-0.2, -0.15) is 17.5 Å². The number of rotatable bonds is 14. The SMILES string of the molecule is CCN(CC)S(=O)(=O)c1ccc(C(=O)NCc2nnc(SCC(=O)Nc3cc(C(F)(F)F)ccc3Cl)n2-c2c(OC)cccc2OC)cc1. The summed E-state index contributed by atoms with van der Waals surface area (Å²) >= 11 is 6.95. The fourth-order valence-electron chi connectivity index (χ4n) is 4.65. The third-order valence-corrected chi connectivity index (χ3v) is 10.4. The minimum Gasteiger partial charge on any atom is -0.494 e. The van der Waals surface area contributed by atoms with Crippen molar-refractivity contribution in [3.63, 3.8) is 0 Å². The predicted octanol–water partition coefficient (Wildman–Crippen LogP) is 5.65. The lowest BCUT2D eigenvalue weighted by Crippen LogP contribution is -2.30. The Morgan fingerprint density at radius 3 is 2.18 bits per heavy atom. The summed E-state index contributed by atoms with van der Waals surface area (Å²) in [7, 11) is -0.836. The summed E-state index contributed by atoms with van der Waals surface area (Å²) in [6.45, 7) is 3.90. The van der Waals surface area contributed by atoms with E-state index in [0.29, 0.717) is 30.3 Å². The molecule has 1 aromatic heterocycles. The maximum Gasteiger partial charge on any atom is 0.416 e. The Morgan fingerprint density at radius 1 is 0.980 bits per heavy atom. The van der Waals surface area contributed by atoms with Gasteiger partial charge < -0.3 is 20.1 Å². The van der Waals surface area contributed by atoms with Gasteiger partial charge in [-0.25, -0.2) is 8.42 Å². The number of amides is 2. The Balaban J connectivity index is 1.58. The molecule has 0 bridgehead atoms. The number of nitrogens with zero attached hydrogens (tertiary/aromatic N) is 4. The van der Waals surface area contributed by atoms with Gasteiger partial charge in [0, 0.05) is 18.7 Å². The van der Waals surface area contributed by atoms with Crippen LogP contribution in [0.5, 0.6) is 11.5 Å². The average Bonchev–Trinajstić information content (AvgIpc) is 3.48. The van der Waals surface area contributed by atoms with E-state index in [1.165, 1.54) is 47.4 Å². The molecule has 0 aliphatic carbocycles. The third-order valence-electron chi connectivity index (χ3n) is 7.09. The number of methoxy groups -OCH3 is 2. The summed E-state index contributed by atoms with van der Waals surface area (Å²) < 4.78 is 79.2. The summed E-state index contributed by atoms with van der Waals surface area (Å²) in [6, 6.07) is 13.1. The number of hydrogen-bond acceptors (Lipinski definition) is 9. The highest BCUT2D eigenvalue weighted by molar-refractivity contribution is 7.99. The number of carbonyl (C=O) groups is 2. The van der Waals surface area contributed by atoms with Gasteiger partial charge in [0.1, 0.15) is 17.2 Å². The molecule has 262 valence electrons. The lowest BCUT2D eigenvalue weighted by molar-refractivity contribution is -0.137. The smallest absolute Gasteiger partial charge is 0.416 e. The van der Waals surface area contributed by atoms with Crippen molar-refractivity contribution in [1.82, 2.24) is 24.4 Å². The van der Waals surface area contributed by atoms with E-state index in [4.69, 9.17) is 21.1 Å². The van der Waals surface area contributed by atoms with Gasteiger partial charge in [-0.15, -0.1) is 10.2 Å². The first kappa shape index (κ1) is 37.5. The van der Waals surface area contributed by atoms with Gasteiger partial charge >= 0.3 is 6.18 Å². The van der Waals surface area contributed by atoms with Crippen LogP contribution in [0, 0.1) is 0 Å². The molecule has 2 N–H and O–H groups in total. The third kappa shape index (κ3) is 8.65. The molecule has 0 fully saturated rings. The molecule has 12 nitrogen and oxygen atoms in total. The Labute approximate surface area is 290 Å². The molecule has 4 rings (SSSR count). The average molecular weight is 741 g/mol. The van der Waals surface area contributed by atoms with Crippen LogP contribution >= 0.6 is 23.4 Å². The van der Waals surface area contributed by atoms with E-state index in [-0.39, 0.29) is 44.4 Å². The number of alkyl halides is 3. The van der Waals surface area contributed by atoms with Gasteiger partial charge in [0.2, 0.25) is 15.9 Å². The Bertz CT molecular complexity index is 1900. The first-order chi connectivity index (χ1) is 23.2. The number of carbonyl (C=O) groups excluding carboxylic acids is 2. The van der Waals surface area contributed by atoms with Crippen molar-refractivity contribution < 1.29 is 40.7 Å². The quantitative estimate of drug-likeness (QED) is 0.157. The van der Waals surface area contributed by atoms with Crippen molar-refractivity contribution in [3.8, 4) is 17.2 Å². The minimum absolute atomic E-state index is 0.0526. The first-order valence-electron chi connectivity index (χ1n) is 14.6. The molecule has 0 atom stereocenters. The van der Waals surface area contributed by atoms with E-state index in [1.807, 2.05) is 0 Å². The van der Waals surface area contributed by atoms with Crippen LogP contribution in [-0.4, -0.2) is 72.4 Å². The van der Waals surface area contributed by atoms with E-state index in [2.05, 4.69) is 20.8 Å². The molecule has 49 heavy (non-hydrogen) atoms. The summed E-state index contributed by atoms with van der Waals surface area (Å²) in [5.41, 5.74) is -0.636. The van der Waals surface area contributed by atoms with Crippen molar-refractivity contribution in [2.45, 2.75) is 36.6 Å². The number of nitrogens with one attached hydrogen (secondary N) is 2. The Hall–Kier alpha value is -4.32. The standard InChI is InChI=1S/C31H32ClF3N6O6S2/c1-5-40(6-2)49(44,45)21-13-10-19(11-14-21)29(43)36-17-26-38-39-30(41(26)28-24(46-3)8-7-9-25(28)47-4)48-18-27(42)37-23-16-20(31(33,34)35)12-15-22(23)32/h7-16H,5-6,17-18H2,1-4H3,(H,36,43)(H,37,42). The molecule has 0 spiro atoms. The van der Waals surface area contributed by atoms with Gasteiger partial charge in [-0.05, 0) is 54.6 Å². The first-order valence-corrected chi connectivity index (χ1v) is 17.4. The van der Waals surface area contributed by atoms with Crippen molar-refractivity contribution in [2.75, 3.05) is 38.4 Å². The van der Waals surface area contributed by atoms with Crippen LogP contribution < -0.4 is 20.1 Å². The number of thioether (sulfide) groups is 1. The van der Waals surface area contributed by atoms with Gasteiger partial charge in [0.15, 0.2) is 11.0 Å². The zero-order chi connectivity index (χ0) is 35.9. The van der Waals surface area contributed by atoms with Gasteiger partial charge in [0.05, 0.1) is 47.7 Å². The molecule has 0 aliphatic rings. The van der Waals surface area contributed by atoms with Crippen LogP contribution in [0.4, 0.5) is 18.9 Å². The van der Waals surface area contributed by atoms with Crippen LogP contribution in [0.25, 0.3) is 5.69 Å². The maximum absolute atomic E-state index is 13.2.